The fourth-order valence-corrected chi connectivity index (χ4v) is 3.94. The van der Waals surface area contributed by atoms with E-state index in [1.165, 1.54) is 11.3 Å². The minimum Gasteiger partial charge on any atom is -0.369 e. The molecule has 1 aromatic heterocycles. The van der Waals surface area contributed by atoms with Crippen molar-refractivity contribution in [1.82, 2.24) is 14.5 Å². The maximum atomic E-state index is 12.3. The van der Waals surface area contributed by atoms with Crippen LogP contribution in [0.5, 0.6) is 0 Å². The Morgan fingerprint density at radius 2 is 1.75 bits per heavy atom. The van der Waals surface area contributed by atoms with Crippen molar-refractivity contribution in [1.29, 1.82) is 0 Å². The van der Waals surface area contributed by atoms with Crippen LogP contribution < -0.4 is 10.2 Å². The second-order valence-electron chi connectivity index (χ2n) is 6.94. The van der Waals surface area contributed by atoms with Gasteiger partial charge >= 0.3 is 0 Å². The van der Waals surface area contributed by atoms with Crippen LogP contribution in [0.1, 0.15) is 20.9 Å². The second kappa shape index (κ2) is 8.50. The second-order valence-corrected chi connectivity index (χ2v) is 7.69. The molecule has 0 unspecified atom stereocenters. The van der Waals surface area contributed by atoms with Crippen molar-refractivity contribution in [3.05, 3.63) is 70.7 Å². The number of anilines is 2. The molecule has 0 atom stereocenters. The lowest BCUT2D eigenvalue weighted by molar-refractivity contribution is 0.103. The topological polar surface area (TPSA) is 61.4 Å². The number of aromatic nitrogens is 2. The Labute approximate surface area is 169 Å². The number of benzene rings is 2. The molecule has 1 aliphatic heterocycles. The number of carbonyl (C=O) groups excluding carboxylic acids is 1. The first-order valence-electron chi connectivity index (χ1n) is 9.40. The van der Waals surface area contributed by atoms with Gasteiger partial charge in [0.2, 0.25) is 0 Å². The predicted octanol–water partition coefficient (Wildman–Crippen LogP) is 3.42. The molecule has 0 bridgehead atoms. The number of hydrogen-bond acceptors (Lipinski definition) is 6. The Morgan fingerprint density at radius 3 is 2.39 bits per heavy atom. The minimum atomic E-state index is -0.158. The third-order valence-electron chi connectivity index (χ3n) is 4.97. The Hall–Kier alpha value is -2.77. The summed E-state index contributed by atoms with van der Waals surface area (Å²) < 4.78 is 3.81. The average molecular weight is 394 g/mol. The van der Waals surface area contributed by atoms with Crippen molar-refractivity contribution in [3.8, 4) is 0 Å². The van der Waals surface area contributed by atoms with Gasteiger partial charge in [0, 0.05) is 44.1 Å². The molecule has 2 aromatic carbocycles. The van der Waals surface area contributed by atoms with E-state index in [9.17, 15) is 4.79 Å². The van der Waals surface area contributed by atoms with E-state index in [4.69, 9.17) is 0 Å². The molecule has 0 spiro atoms. The zero-order valence-electron chi connectivity index (χ0n) is 15.8. The highest BCUT2D eigenvalue weighted by Crippen LogP contribution is 2.21. The van der Waals surface area contributed by atoms with Crippen molar-refractivity contribution >= 4 is 28.8 Å². The van der Waals surface area contributed by atoms with Crippen LogP contribution in [0.4, 0.5) is 11.4 Å². The van der Waals surface area contributed by atoms with Gasteiger partial charge in [-0.2, -0.15) is 0 Å². The van der Waals surface area contributed by atoms with Crippen molar-refractivity contribution in [2.75, 3.05) is 36.4 Å². The van der Waals surface area contributed by atoms with Gasteiger partial charge in [0.15, 0.2) is 0 Å². The van der Waals surface area contributed by atoms with E-state index in [-0.39, 0.29) is 5.91 Å². The van der Waals surface area contributed by atoms with Crippen LogP contribution in [-0.2, 0) is 6.54 Å². The lowest BCUT2D eigenvalue weighted by Crippen LogP contribution is -2.45. The van der Waals surface area contributed by atoms with E-state index in [1.807, 2.05) is 12.1 Å². The van der Waals surface area contributed by atoms with E-state index in [0.29, 0.717) is 10.6 Å². The summed E-state index contributed by atoms with van der Waals surface area (Å²) >= 11 is 1.12. The number of piperazine rings is 1. The maximum Gasteiger partial charge on any atom is 0.269 e. The monoisotopic (exact) mass is 393 g/mol. The molecule has 1 amide bonds. The van der Waals surface area contributed by atoms with Crippen molar-refractivity contribution in [2.24, 2.45) is 0 Å². The lowest BCUT2D eigenvalue weighted by atomic mass is 10.2. The maximum absolute atomic E-state index is 12.3. The number of amides is 1. The van der Waals surface area contributed by atoms with E-state index in [1.54, 1.807) is 6.92 Å². The molecule has 0 aliphatic carbocycles. The smallest absolute Gasteiger partial charge is 0.269 e. The number of nitrogens with one attached hydrogen (secondary N) is 1. The summed E-state index contributed by atoms with van der Waals surface area (Å²) in [6.45, 7) is 6.90. The molecule has 1 saturated heterocycles. The molecule has 6 nitrogen and oxygen atoms in total. The summed E-state index contributed by atoms with van der Waals surface area (Å²) in [5, 5.41) is 6.80. The van der Waals surface area contributed by atoms with E-state index < -0.39 is 0 Å². The summed E-state index contributed by atoms with van der Waals surface area (Å²) in [5.74, 6) is -0.158. The molecule has 7 heteroatoms. The normalized spacial score (nSPS) is 14.8. The van der Waals surface area contributed by atoms with Crippen LogP contribution in [0.2, 0.25) is 0 Å². The predicted molar refractivity (Wildman–Crippen MR) is 113 cm³/mol. The van der Waals surface area contributed by atoms with Gasteiger partial charge in [-0.25, -0.2) is 0 Å². The van der Waals surface area contributed by atoms with Gasteiger partial charge in [-0.05, 0) is 48.3 Å². The molecule has 1 N–H and O–H groups in total. The number of nitrogens with zero attached hydrogens (tertiary/aromatic N) is 4. The van der Waals surface area contributed by atoms with Gasteiger partial charge in [0.1, 0.15) is 4.88 Å². The van der Waals surface area contributed by atoms with Gasteiger partial charge in [-0.3, -0.25) is 9.69 Å². The molecule has 0 saturated carbocycles. The summed E-state index contributed by atoms with van der Waals surface area (Å²) in [7, 11) is 0. The van der Waals surface area contributed by atoms with E-state index in [0.717, 1.165) is 49.9 Å². The number of hydrogen-bond donors (Lipinski definition) is 1. The molecule has 3 aromatic rings. The lowest BCUT2D eigenvalue weighted by Gasteiger charge is -2.36. The first kappa shape index (κ1) is 18.6. The highest BCUT2D eigenvalue weighted by molar-refractivity contribution is 7.08. The SMILES string of the molecule is Cc1nnsc1C(=O)Nc1ccc(N2CCN(Cc3ccccc3)CC2)cc1. The van der Waals surface area contributed by atoms with Gasteiger partial charge in [-0.15, -0.1) is 5.10 Å². The van der Waals surface area contributed by atoms with Crippen molar-refractivity contribution in [3.63, 3.8) is 0 Å². The van der Waals surface area contributed by atoms with Crippen LogP contribution in [-0.4, -0.2) is 46.6 Å². The van der Waals surface area contributed by atoms with Crippen LogP contribution in [0, 0.1) is 6.92 Å². The third kappa shape index (κ3) is 4.37. The molecular weight excluding hydrogens is 370 g/mol. The Balaban J connectivity index is 1.31. The first-order valence-corrected chi connectivity index (χ1v) is 10.2. The molecule has 28 heavy (non-hydrogen) atoms. The number of carbonyl (C=O) groups is 1. The highest BCUT2D eigenvalue weighted by Gasteiger charge is 2.18. The van der Waals surface area contributed by atoms with Crippen LogP contribution in [0.3, 0.4) is 0 Å². The fraction of sp³-hybridized carbons (Fsp3) is 0.286. The zero-order valence-corrected chi connectivity index (χ0v) is 16.7. The molecule has 1 aliphatic rings. The molecule has 4 rings (SSSR count). The van der Waals surface area contributed by atoms with E-state index in [2.05, 4.69) is 67.2 Å². The summed E-state index contributed by atoms with van der Waals surface area (Å²) in [5.41, 5.74) is 3.99. The third-order valence-corrected chi connectivity index (χ3v) is 5.80. The molecule has 1 fully saturated rings. The summed E-state index contributed by atoms with van der Waals surface area (Å²) in [6, 6.07) is 18.7. The van der Waals surface area contributed by atoms with Gasteiger partial charge in [0.05, 0.1) is 5.69 Å². The Bertz CT molecular complexity index is 917. The van der Waals surface area contributed by atoms with E-state index >= 15 is 0 Å². The zero-order chi connectivity index (χ0) is 19.3. The Kier molecular flexibility index (Phi) is 5.64. The average Bonchev–Trinajstić information content (AvgIpc) is 3.16. The summed E-state index contributed by atoms with van der Waals surface area (Å²) in [6.07, 6.45) is 0. The molecule has 144 valence electrons. The Morgan fingerprint density at radius 1 is 1.04 bits per heavy atom. The van der Waals surface area contributed by atoms with Gasteiger partial charge in [-0.1, -0.05) is 34.8 Å². The van der Waals surface area contributed by atoms with Gasteiger partial charge < -0.3 is 10.2 Å². The molecule has 2 heterocycles. The van der Waals surface area contributed by atoms with Crippen LogP contribution >= 0.6 is 11.5 Å². The standard InChI is InChI=1S/C21H23N5OS/c1-16-20(28-24-23-16)21(27)22-18-7-9-19(10-8-18)26-13-11-25(12-14-26)15-17-5-3-2-4-6-17/h2-10H,11-15H2,1H3,(H,22,27). The van der Waals surface area contributed by atoms with Crippen molar-refractivity contribution < 1.29 is 4.79 Å². The molecular formula is C21H23N5OS. The van der Waals surface area contributed by atoms with Crippen LogP contribution in [0.25, 0.3) is 0 Å². The summed E-state index contributed by atoms with van der Waals surface area (Å²) in [4.78, 5) is 17.7. The first-order chi connectivity index (χ1) is 13.7. The van der Waals surface area contributed by atoms with Crippen molar-refractivity contribution in [2.45, 2.75) is 13.5 Å². The van der Waals surface area contributed by atoms with Crippen LogP contribution in [0.15, 0.2) is 54.6 Å². The fourth-order valence-electron chi connectivity index (χ4n) is 3.39. The van der Waals surface area contributed by atoms with Gasteiger partial charge in [0.25, 0.3) is 5.91 Å². The number of rotatable bonds is 5. The largest absolute Gasteiger partial charge is 0.369 e. The molecule has 0 radical (unpaired) electrons. The minimum absolute atomic E-state index is 0.158. The number of aryl methyl sites for hydroxylation is 1. The quantitative estimate of drug-likeness (QED) is 0.720. The highest BCUT2D eigenvalue weighted by atomic mass is 32.1.